The molecule has 1 saturated heterocycles. The van der Waals surface area contributed by atoms with Crippen molar-refractivity contribution in [1.29, 1.82) is 0 Å². The normalized spacial score (nSPS) is 26.2. The third kappa shape index (κ3) is 2.81. The van der Waals surface area contributed by atoms with E-state index in [0.29, 0.717) is 17.9 Å². The van der Waals surface area contributed by atoms with Crippen molar-refractivity contribution >= 4 is 11.3 Å². The molecule has 1 aromatic heterocycles. The van der Waals surface area contributed by atoms with Crippen LogP contribution in [0.5, 0.6) is 0 Å². The molecule has 0 aromatic carbocycles. The summed E-state index contributed by atoms with van der Waals surface area (Å²) in [5.41, 5.74) is 7.40. The first-order valence-corrected chi connectivity index (χ1v) is 6.61. The molecule has 4 heteroatoms. The van der Waals surface area contributed by atoms with E-state index < -0.39 is 0 Å². The maximum atomic E-state index is 5.99. The highest BCUT2D eigenvalue weighted by atomic mass is 32.1. The van der Waals surface area contributed by atoms with Crippen LogP contribution in [0.15, 0.2) is 5.38 Å². The van der Waals surface area contributed by atoms with Crippen molar-refractivity contribution in [2.24, 2.45) is 11.1 Å². The van der Waals surface area contributed by atoms with Gasteiger partial charge in [0.2, 0.25) is 0 Å². The summed E-state index contributed by atoms with van der Waals surface area (Å²) in [6.07, 6.45) is 1.03. The minimum absolute atomic E-state index is 0.115. The largest absolute Gasteiger partial charge is 0.379 e. The van der Waals surface area contributed by atoms with E-state index >= 15 is 0 Å². The lowest BCUT2D eigenvalue weighted by Gasteiger charge is -2.15. The zero-order valence-electron chi connectivity index (χ0n) is 10.2. The van der Waals surface area contributed by atoms with Crippen LogP contribution in [0, 0.1) is 5.41 Å². The molecule has 1 aromatic rings. The summed E-state index contributed by atoms with van der Waals surface area (Å²) in [5.74, 6) is 0.296. The third-order valence-corrected chi connectivity index (χ3v) is 3.62. The van der Waals surface area contributed by atoms with E-state index in [0.717, 1.165) is 18.7 Å². The highest BCUT2D eigenvalue weighted by Crippen LogP contribution is 2.28. The average molecular weight is 240 g/mol. The molecule has 2 atom stereocenters. The molecule has 3 nitrogen and oxygen atoms in total. The van der Waals surface area contributed by atoms with Gasteiger partial charge < -0.3 is 10.5 Å². The van der Waals surface area contributed by atoms with E-state index in [4.69, 9.17) is 10.5 Å². The van der Waals surface area contributed by atoms with E-state index in [-0.39, 0.29) is 6.04 Å². The monoisotopic (exact) mass is 240 g/mol. The van der Waals surface area contributed by atoms with Crippen molar-refractivity contribution in [3.8, 4) is 0 Å². The van der Waals surface area contributed by atoms with Crippen molar-refractivity contribution < 1.29 is 4.74 Å². The predicted molar refractivity (Wildman–Crippen MR) is 66.8 cm³/mol. The van der Waals surface area contributed by atoms with E-state index in [9.17, 15) is 0 Å². The molecule has 1 fully saturated rings. The van der Waals surface area contributed by atoms with Crippen molar-refractivity contribution in [3.05, 3.63) is 16.1 Å². The molecule has 16 heavy (non-hydrogen) atoms. The summed E-state index contributed by atoms with van der Waals surface area (Å²) in [6, 6.07) is 0.115. The fourth-order valence-corrected chi connectivity index (χ4v) is 3.06. The Labute approximate surface area is 101 Å². The maximum Gasteiger partial charge on any atom is 0.0933 e. The zero-order valence-corrected chi connectivity index (χ0v) is 11.0. The van der Waals surface area contributed by atoms with Gasteiger partial charge in [-0.3, -0.25) is 0 Å². The molecule has 1 aliphatic heterocycles. The highest BCUT2D eigenvalue weighted by molar-refractivity contribution is 7.09. The smallest absolute Gasteiger partial charge is 0.0933 e. The summed E-state index contributed by atoms with van der Waals surface area (Å²) in [7, 11) is 0. The van der Waals surface area contributed by atoms with Gasteiger partial charge in [-0.2, -0.15) is 0 Å². The van der Waals surface area contributed by atoms with Crippen LogP contribution in [0.4, 0.5) is 0 Å². The number of nitrogens with zero attached hydrogens (tertiary/aromatic N) is 1. The van der Waals surface area contributed by atoms with Crippen LogP contribution >= 0.6 is 11.3 Å². The quantitative estimate of drug-likeness (QED) is 0.862. The molecule has 2 N–H and O–H groups in total. The van der Waals surface area contributed by atoms with Crippen LogP contribution in [-0.4, -0.2) is 24.2 Å². The third-order valence-electron chi connectivity index (χ3n) is 2.76. The molecule has 0 spiro atoms. The van der Waals surface area contributed by atoms with Gasteiger partial charge in [0.25, 0.3) is 0 Å². The standard InChI is InChI=1S/C12H20N2OS/c1-12(2,3)4-11-14-10(7-16-11)8-5-15-6-9(8)13/h7-9H,4-6,13H2,1-3H3. The molecule has 90 valence electrons. The van der Waals surface area contributed by atoms with Gasteiger partial charge >= 0.3 is 0 Å². The van der Waals surface area contributed by atoms with E-state index in [2.05, 4.69) is 31.1 Å². The Balaban J connectivity index is 2.07. The van der Waals surface area contributed by atoms with E-state index in [1.54, 1.807) is 11.3 Å². The Morgan fingerprint density at radius 1 is 1.50 bits per heavy atom. The SMILES string of the molecule is CC(C)(C)Cc1nc(C2COCC2N)cs1. The first kappa shape index (κ1) is 12.0. The highest BCUT2D eigenvalue weighted by Gasteiger charge is 2.28. The summed E-state index contributed by atoms with van der Waals surface area (Å²) < 4.78 is 5.37. The first-order valence-electron chi connectivity index (χ1n) is 5.73. The molecule has 1 aliphatic rings. The van der Waals surface area contributed by atoms with Crippen molar-refractivity contribution in [1.82, 2.24) is 4.98 Å². The Morgan fingerprint density at radius 3 is 2.81 bits per heavy atom. The molecular formula is C12H20N2OS. The summed E-state index contributed by atoms with van der Waals surface area (Å²) >= 11 is 1.74. The molecule has 2 rings (SSSR count). The molecule has 0 bridgehead atoms. The number of hydrogen-bond acceptors (Lipinski definition) is 4. The fraction of sp³-hybridized carbons (Fsp3) is 0.750. The average Bonchev–Trinajstić information content (AvgIpc) is 2.71. The number of thiazole rings is 1. The second-order valence-electron chi connectivity index (χ2n) is 5.71. The lowest BCUT2D eigenvalue weighted by Crippen LogP contribution is -2.27. The van der Waals surface area contributed by atoms with Gasteiger partial charge in [-0.1, -0.05) is 20.8 Å². The number of nitrogens with two attached hydrogens (primary N) is 1. The van der Waals surface area contributed by atoms with Gasteiger partial charge in [0.05, 0.1) is 23.9 Å². The summed E-state index contributed by atoms with van der Waals surface area (Å²) in [6.45, 7) is 8.09. The maximum absolute atomic E-state index is 5.99. The van der Waals surface area contributed by atoms with Gasteiger partial charge in [-0.15, -0.1) is 11.3 Å². The van der Waals surface area contributed by atoms with Gasteiger partial charge in [-0.05, 0) is 5.41 Å². The first-order chi connectivity index (χ1) is 7.46. The molecule has 2 unspecified atom stereocenters. The van der Waals surface area contributed by atoms with Crippen LogP contribution < -0.4 is 5.73 Å². The predicted octanol–water partition coefficient (Wildman–Crippen LogP) is 2.17. The Morgan fingerprint density at radius 2 is 2.25 bits per heavy atom. The zero-order chi connectivity index (χ0) is 11.8. The molecule has 0 aliphatic carbocycles. The second kappa shape index (κ2) is 4.43. The van der Waals surface area contributed by atoms with E-state index in [1.807, 2.05) is 0 Å². The Hall–Kier alpha value is -0.450. The van der Waals surface area contributed by atoms with Crippen molar-refractivity contribution in [2.75, 3.05) is 13.2 Å². The van der Waals surface area contributed by atoms with Crippen molar-refractivity contribution in [3.63, 3.8) is 0 Å². The van der Waals surface area contributed by atoms with Crippen LogP contribution in [0.25, 0.3) is 0 Å². The number of aromatic nitrogens is 1. The van der Waals surface area contributed by atoms with Crippen molar-refractivity contribution in [2.45, 2.75) is 39.2 Å². The number of hydrogen-bond donors (Lipinski definition) is 1. The molecule has 0 amide bonds. The summed E-state index contributed by atoms with van der Waals surface area (Å²) in [5, 5.41) is 3.35. The van der Waals surface area contributed by atoms with E-state index in [1.165, 1.54) is 5.01 Å². The van der Waals surface area contributed by atoms with Gasteiger partial charge in [0, 0.05) is 23.8 Å². The summed E-state index contributed by atoms with van der Waals surface area (Å²) in [4.78, 5) is 4.69. The molecule has 2 heterocycles. The lowest BCUT2D eigenvalue weighted by atomic mass is 9.93. The minimum atomic E-state index is 0.115. The van der Waals surface area contributed by atoms with Crippen LogP contribution in [-0.2, 0) is 11.2 Å². The number of ether oxygens (including phenoxy) is 1. The molecular weight excluding hydrogens is 220 g/mol. The van der Waals surface area contributed by atoms with Gasteiger partial charge in [-0.25, -0.2) is 4.98 Å². The Bertz CT molecular complexity index is 356. The Kier molecular flexibility index (Phi) is 3.33. The lowest BCUT2D eigenvalue weighted by molar-refractivity contribution is 0.190. The van der Waals surface area contributed by atoms with Crippen LogP contribution in [0.1, 0.15) is 37.4 Å². The second-order valence-corrected chi connectivity index (χ2v) is 6.65. The van der Waals surface area contributed by atoms with Gasteiger partial charge in [0.1, 0.15) is 0 Å². The van der Waals surface area contributed by atoms with Gasteiger partial charge in [0.15, 0.2) is 0 Å². The topological polar surface area (TPSA) is 48.1 Å². The molecule has 0 saturated carbocycles. The molecule has 0 radical (unpaired) electrons. The minimum Gasteiger partial charge on any atom is -0.379 e. The van der Waals surface area contributed by atoms with Crippen LogP contribution in [0.2, 0.25) is 0 Å². The van der Waals surface area contributed by atoms with Crippen LogP contribution in [0.3, 0.4) is 0 Å². The fourth-order valence-electron chi connectivity index (χ4n) is 1.91. The number of rotatable bonds is 2.